The van der Waals surface area contributed by atoms with Crippen molar-refractivity contribution < 1.29 is 22.9 Å². The van der Waals surface area contributed by atoms with Gasteiger partial charge in [-0.3, -0.25) is 4.79 Å². The number of benzene rings is 1. The van der Waals surface area contributed by atoms with E-state index in [-0.39, 0.29) is 5.69 Å². The molecule has 1 aromatic carbocycles. The molecule has 0 aliphatic heterocycles. The second kappa shape index (κ2) is 6.20. The predicted octanol–water partition coefficient (Wildman–Crippen LogP) is 2.50. The van der Waals surface area contributed by atoms with Gasteiger partial charge in [0.2, 0.25) is 12.2 Å². The fraction of sp³-hybridized carbons (Fsp3) is 0.182. The summed E-state index contributed by atoms with van der Waals surface area (Å²) in [6.07, 6.45) is -3.70. The molecule has 0 aliphatic carbocycles. The van der Waals surface area contributed by atoms with Crippen molar-refractivity contribution in [1.29, 1.82) is 0 Å². The Bertz CT molecular complexity index is 762. The summed E-state index contributed by atoms with van der Waals surface area (Å²) in [5.41, 5.74) is -1.21. The summed E-state index contributed by atoms with van der Waals surface area (Å²) < 4.78 is 39.0. The van der Waals surface area contributed by atoms with Gasteiger partial charge in [0.25, 0.3) is 0 Å². The van der Waals surface area contributed by atoms with Crippen LogP contribution >= 0.6 is 11.6 Å². The molecule has 1 aromatic heterocycles. The van der Waals surface area contributed by atoms with E-state index in [4.69, 9.17) is 11.6 Å². The van der Waals surface area contributed by atoms with Crippen LogP contribution in [0, 0.1) is 10.1 Å². The lowest BCUT2D eigenvalue weighted by Gasteiger charge is -2.11. The smallest absolute Gasteiger partial charge is 0.390 e. The third kappa shape index (κ3) is 4.16. The first-order valence-corrected chi connectivity index (χ1v) is 6.25. The summed E-state index contributed by atoms with van der Waals surface area (Å²) in [4.78, 5) is 24.6. The first-order chi connectivity index (χ1) is 10.7. The van der Waals surface area contributed by atoms with Crippen LogP contribution in [0.5, 0.6) is 0 Å². The van der Waals surface area contributed by atoms with Gasteiger partial charge in [0.05, 0.1) is 10.6 Å². The zero-order valence-corrected chi connectivity index (χ0v) is 11.8. The summed E-state index contributed by atoms with van der Waals surface area (Å²) >= 11 is 5.46. The number of rotatable bonds is 4. The molecule has 23 heavy (non-hydrogen) atoms. The molecule has 0 unspecified atom stereocenters. The first-order valence-electron chi connectivity index (χ1n) is 5.87. The summed E-state index contributed by atoms with van der Waals surface area (Å²) in [6, 6.07) is 2.88. The molecule has 1 N–H and O–H groups in total. The highest BCUT2D eigenvalue weighted by atomic mass is 35.5. The van der Waals surface area contributed by atoms with Crippen LogP contribution < -0.4 is 5.32 Å². The van der Waals surface area contributed by atoms with E-state index in [1.54, 1.807) is 0 Å². The standard InChI is InChI=1S/C11H7ClF3N5O3/c12-8-2-1-6(3-7(8)11(13,14)15)17-9(21)4-19-5-16-10(18-19)20(22)23/h1-3,5H,4H2,(H,17,21). The fourth-order valence-electron chi connectivity index (χ4n) is 1.61. The Labute approximate surface area is 131 Å². The molecular formula is C11H7ClF3N5O3. The second-order valence-corrected chi connectivity index (χ2v) is 4.65. The largest absolute Gasteiger partial charge is 0.490 e. The molecule has 0 radical (unpaired) electrons. The molecule has 0 aliphatic rings. The normalized spacial score (nSPS) is 11.3. The van der Waals surface area contributed by atoms with Crippen LogP contribution in [0.25, 0.3) is 0 Å². The maximum Gasteiger partial charge on any atom is 0.490 e. The molecule has 1 heterocycles. The molecule has 122 valence electrons. The Balaban J connectivity index is 2.09. The maximum absolute atomic E-state index is 12.7. The van der Waals surface area contributed by atoms with Crippen LogP contribution in [0.1, 0.15) is 5.56 Å². The van der Waals surface area contributed by atoms with E-state index >= 15 is 0 Å². The lowest BCUT2D eigenvalue weighted by atomic mass is 10.2. The molecule has 0 atom stereocenters. The number of hydrogen-bond acceptors (Lipinski definition) is 5. The lowest BCUT2D eigenvalue weighted by molar-refractivity contribution is -0.394. The van der Waals surface area contributed by atoms with Gasteiger partial charge in [-0.25, -0.2) is 0 Å². The third-order valence-corrected chi connectivity index (χ3v) is 2.88. The summed E-state index contributed by atoms with van der Waals surface area (Å²) in [7, 11) is 0. The zero-order valence-electron chi connectivity index (χ0n) is 11.0. The lowest BCUT2D eigenvalue weighted by Crippen LogP contribution is -2.19. The number of carbonyl (C=O) groups excluding carboxylic acids is 1. The van der Waals surface area contributed by atoms with E-state index in [0.29, 0.717) is 6.07 Å². The molecular weight excluding hydrogens is 343 g/mol. The van der Waals surface area contributed by atoms with Crippen molar-refractivity contribution >= 4 is 29.1 Å². The van der Waals surface area contributed by atoms with E-state index in [9.17, 15) is 28.1 Å². The van der Waals surface area contributed by atoms with Gasteiger partial charge >= 0.3 is 12.1 Å². The highest BCUT2D eigenvalue weighted by molar-refractivity contribution is 6.31. The topological polar surface area (TPSA) is 103 Å². The van der Waals surface area contributed by atoms with Crippen LogP contribution in [-0.4, -0.2) is 25.6 Å². The van der Waals surface area contributed by atoms with Crippen LogP contribution in [0.4, 0.5) is 24.8 Å². The number of nitrogens with one attached hydrogen (secondary N) is 1. The Morgan fingerprint density at radius 3 is 2.70 bits per heavy atom. The van der Waals surface area contributed by atoms with Gasteiger partial charge in [0.1, 0.15) is 6.54 Å². The van der Waals surface area contributed by atoms with Crippen molar-refractivity contribution in [3.8, 4) is 0 Å². The van der Waals surface area contributed by atoms with E-state index in [2.05, 4.69) is 15.4 Å². The number of nitro groups is 1. The number of hydrogen-bond donors (Lipinski definition) is 1. The molecule has 0 saturated heterocycles. The van der Waals surface area contributed by atoms with Gasteiger partial charge in [-0.15, -0.1) is 0 Å². The number of carbonyl (C=O) groups is 1. The SMILES string of the molecule is O=C(Cn1cnc([N+](=O)[O-])n1)Nc1ccc(Cl)c(C(F)(F)F)c1. The zero-order chi connectivity index (χ0) is 17.2. The molecule has 0 spiro atoms. The number of aromatic nitrogens is 3. The van der Waals surface area contributed by atoms with Crippen molar-refractivity contribution in [2.24, 2.45) is 0 Å². The number of anilines is 1. The van der Waals surface area contributed by atoms with Crippen LogP contribution in [0.3, 0.4) is 0 Å². The van der Waals surface area contributed by atoms with Crippen molar-refractivity contribution in [1.82, 2.24) is 14.8 Å². The fourth-order valence-corrected chi connectivity index (χ4v) is 1.84. The highest BCUT2D eigenvalue weighted by Gasteiger charge is 2.33. The average Bonchev–Trinajstić information content (AvgIpc) is 2.88. The molecule has 12 heteroatoms. The molecule has 2 rings (SSSR count). The number of alkyl halides is 3. The molecule has 8 nitrogen and oxygen atoms in total. The molecule has 0 saturated carbocycles. The third-order valence-electron chi connectivity index (χ3n) is 2.55. The summed E-state index contributed by atoms with van der Waals surface area (Å²) in [5, 5.41) is 15.5. The maximum atomic E-state index is 12.7. The molecule has 0 fully saturated rings. The Morgan fingerprint density at radius 1 is 1.43 bits per heavy atom. The van der Waals surface area contributed by atoms with E-state index in [0.717, 1.165) is 17.1 Å². The summed E-state index contributed by atoms with van der Waals surface area (Å²) in [5.74, 6) is -1.43. The number of amides is 1. The van der Waals surface area contributed by atoms with Gasteiger partial charge in [-0.05, 0) is 23.1 Å². The van der Waals surface area contributed by atoms with Crippen LogP contribution in [0.15, 0.2) is 24.5 Å². The van der Waals surface area contributed by atoms with Crippen molar-refractivity contribution in [2.75, 3.05) is 5.32 Å². The number of nitrogens with zero attached hydrogens (tertiary/aromatic N) is 4. The van der Waals surface area contributed by atoms with Gasteiger partial charge in [-0.2, -0.15) is 17.9 Å². The minimum Gasteiger partial charge on any atom is -0.390 e. The first kappa shape index (κ1) is 16.7. The minimum absolute atomic E-state index is 0.124. The molecule has 0 bridgehead atoms. The second-order valence-electron chi connectivity index (χ2n) is 4.24. The minimum atomic E-state index is -4.66. The predicted molar refractivity (Wildman–Crippen MR) is 71.8 cm³/mol. The van der Waals surface area contributed by atoms with Gasteiger partial charge in [-0.1, -0.05) is 16.6 Å². The van der Waals surface area contributed by atoms with Gasteiger partial charge in [0.15, 0.2) is 0 Å². The highest BCUT2D eigenvalue weighted by Crippen LogP contribution is 2.36. The van der Waals surface area contributed by atoms with E-state index in [1.165, 1.54) is 6.07 Å². The Kier molecular flexibility index (Phi) is 4.50. The van der Waals surface area contributed by atoms with Crippen molar-refractivity contribution in [3.05, 3.63) is 45.2 Å². The molecule has 2 aromatic rings. The van der Waals surface area contributed by atoms with Gasteiger partial charge in [0, 0.05) is 10.8 Å². The average molecular weight is 350 g/mol. The monoisotopic (exact) mass is 349 g/mol. The van der Waals surface area contributed by atoms with Crippen LogP contribution in [-0.2, 0) is 17.5 Å². The van der Waals surface area contributed by atoms with Crippen LogP contribution in [0.2, 0.25) is 5.02 Å². The Hall–Kier alpha value is -2.69. The van der Waals surface area contributed by atoms with Gasteiger partial charge < -0.3 is 15.4 Å². The quantitative estimate of drug-likeness (QED) is 0.674. The number of halogens is 4. The van der Waals surface area contributed by atoms with E-state index < -0.39 is 40.1 Å². The molecule has 1 amide bonds. The van der Waals surface area contributed by atoms with Crippen molar-refractivity contribution in [3.63, 3.8) is 0 Å². The summed E-state index contributed by atoms with van der Waals surface area (Å²) in [6.45, 7) is -0.454. The Morgan fingerprint density at radius 2 is 2.13 bits per heavy atom. The van der Waals surface area contributed by atoms with Crippen molar-refractivity contribution in [2.45, 2.75) is 12.7 Å². The van der Waals surface area contributed by atoms with E-state index in [1.807, 2.05) is 0 Å².